The largest absolute Gasteiger partial charge is 0.389 e. The topological polar surface area (TPSA) is 78.4 Å². The van der Waals surface area contributed by atoms with Crippen molar-refractivity contribution in [3.05, 3.63) is 24.3 Å². The number of anilines is 2. The molecule has 124 valence electrons. The number of carbonyl (C=O) groups is 2. The lowest BCUT2D eigenvalue weighted by atomic mass is 9.82. The number of aliphatic hydroxyl groups is 1. The summed E-state index contributed by atoms with van der Waals surface area (Å²) < 4.78 is 0. The lowest BCUT2D eigenvalue weighted by molar-refractivity contribution is -0.122. The summed E-state index contributed by atoms with van der Waals surface area (Å²) in [6.45, 7) is 0. The Bertz CT molecular complexity index is 572. The summed E-state index contributed by atoms with van der Waals surface area (Å²) in [5, 5.41) is 16.1. The molecule has 5 nitrogen and oxygen atoms in total. The Morgan fingerprint density at radius 3 is 2.13 bits per heavy atom. The number of nitrogens with one attached hydrogen (secondary N) is 2. The lowest BCUT2D eigenvalue weighted by Crippen LogP contribution is -2.35. The van der Waals surface area contributed by atoms with E-state index < -0.39 is 5.60 Å². The molecule has 2 saturated carbocycles. The highest BCUT2D eigenvalue weighted by Gasteiger charge is 2.32. The zero-order valence-corrected chi connectivity index (χ0v) is 13.3. The van der Waals surface area contributed by atoms with E-state index in [1.54, 1.807) is 24.3 Å². The van der Waals surface area contributed by atoms with Crippen LogP contribution >= 0.6 is 0 Å². The van der Waals surface area contributed by atoms with Gasteiger partial charge in [-0.15, -0.1) is 0 Å². The van der Waals surface area contributed by atoms with Crippen LogP contribution in [0.3, 0.4) is 0 Å². The highest BCUT2D eigenvalue weighted by atomic mass is 16.3. The molecule has 0 spiro atoms. The van der Waals surface area contributed by atoms with Crippen molar-refractivity contribution in [1.82, 2.24) is 0 Å². The van der Waals surface area contributed by atoms with Crippen LogP contribution < -0.4 is 10.6 Å². The molecular weight excluding hydrogens is 292 g/mol. The van der Waals surface area contributed by atoms with Crippen LogP contribution in [0.1, 0.15) is 51.4 Å². The third-order valence-electron chi connectivity index (χ3n) is 4.66. The third-order valence-corrected chi connectivity index (χ3v) is 4.66. The fraction of sp³-hybridized carbons (Fsp3) is 0.556. The van der Waals surface area contributed by atoms with Crippen LogP contribution in [0.4, 0.5) is 11.4 Å². The molecule has 5 heteroatoms. The average molecular weight is 316 g/mol. The van der Waals surface area contributed by atoms with Crippen molar-refractivity contribution in [2.45, 2.75) is 57.0 Å². The molecule has 3 rings (SSSR count). The molecule has 1 aromatic carbocycles. The number of hydrogen-bond acceptors (Lipinski definition) is 3. The van der Waals surface area contributed by atoms with Gasteiger partial charge in [-0.25, -0.2) is 0 Å². The van der Waals surface area contributed by atoms with Gasteiger partial charge in [0, 0.05) is 17.3 Å². The quantitative estimate of drug-likeness (QED) is 0.781. The molecule has 2 aliphatic rings. The Kier molecular flexibility index (Phi) is 4.66. The van der Waals surface area contributed by atoms with Crippen LogP contribution in [0, 0.1) is 5.92 Å². The van der Waals surface area contributed by atoms with Crippen molar-refractivity contribution >= 4 is 23.2 Å². The standard InChI is InChI=1S/C18H24N2O3/c21-16(12-18(23)10-2-1-3-11-18)19-14-6-8-15(9-7-14)20-17(22)13-4-5-13/h6-9,13,23H,1-5,10-12H2,(H,19,21)(H,20,22). The molecule has 0 bridgehead atoms. The minimum Gasteiger partial charge on any atom is -0.389 e. The Balaban J connectivity index is 1.50. The van der Waals surface area contributed by atoms with Gasteiger partial charge in [-0.2, -0.15) is 0 Å². The Morgan fingerprint density at radius 1 is 1.00 bits per heavy atom. The summed E-state index contributed by atoms with van der Waals surface area (Å²) in [5.74, 6) is 0.0797. The van der Waals surface area contributed by atoms with Gasteiger partial charge in [0.15, 0.2) is 0 Å². The predicted molar refractivity (Wildman–Crippen MR) is 89.1 cm³/mol. The van der Waals surface area contributed by atoms with Gasteiger partial charge in [0.25, 0.3) is 0 Å². The summed E-state index contributed by atoms with van der Waals surface area (Å²) >= 11 is 0. The lowest BCUT2D eigenvalue weighted by Gasteiger charge is -2.31. The predicted octanol–water partition coefficient (Wildman–Crippen LogP) is 3.06. The zero-order chi connectivity index (χ0) is 16.3. The molecule has 0 unspecified atom stereocenters. The first-order valence-corrected chi connectivity index (χ1v) is 8.47. The van der Waals surface area contributed by atoms with E-state index in [0.29, 0.717) is 18.5 Å². The second-order valence-corrected chi connectivity index (χ2v) is 6.85. The maximum atomic E-state index is 12.1. The molecule has 0 aliphatic heterocycles. The molecular formula is C18H24N2O3. The van der Waals surface area contributed by atoms with E-state index in [1.165, 1.54) is 0 Å². The van der Waals surface area contributed by atoms with E-state index in [0.717, 1.165) is 37.8 Å². The molecule has 0 saturated heterocycles. The van der Waals surface area contributed by atoms with Crippen molar-refractivity contribution < 1.29 is 14.7 Å². The van der Waals surface area contributed by atoms with E-state index in [2.05, 4.69) is 10.6 Å². The summed E-state index contributed by atoms with van der Waals surface area (Å²) in [6, 6.07) is 7.10. The highest BCUT2D eigenvalue weighted by molar-refractivity contribution is 5.95. The minimum atomic E-state index is -0.847. The fourth-order valence-corrected chi connectivity index (χ4v) is 3.12. The van der Waals surface area contributed by atoms with Crippen LogP contribution in [0.25, 0.3) is 0 Å². The molecule has 0 aromatic heterocycles. The van der Waals surface area contributed by atoms with Crippen LogP contribution in [0.2, 0.25) is 0 Å². The number of benzene rings is 1. The molecule has 0 radical (unpaired) electrons. The smallest absolute Gasteiger partial charge is 0.227 e. The van der Waals surface area contributed by atoms with Crippen molar-refractivity contribution in [2.75, 3.05) is 10.6 Å². The number of hydrogen-bond donors (Lipinski definition) is 3. The minimum absolute atomic E-state index is 0.0707. The van der Waals surface area contributed by atoms with Crippen LogP contribution in [0.5, 0.6) is 0 Å². The molecule has 2 amide bonds. The number of carbonyl (C=O) groups excluding carboxylic acids is 2. The summed E-state index contributed by atoms with van der Waals surface area (Å²) in [7, 11) is 0. The number of rotatable bonds is 5. The van der Waals surface area contributed by atoms with Crippen molar-refractivity contribution in [3.63, 3.8) is 0 Å². The van der Waals surface area contributed by atoms with Crippen LogP contribution in [-0.4, -0.2) is 22.5 Å². The van der Waals surface area contributed by atoms with E-state index in [9.17, 15) is 14.7 Å². The zero-order valence-electron chi connectivity index (χ0n) is 13.3. The summed E-state index contributed by atoms with van der Waals surface area (Å²) in [5.41, 5.74) is 0.574. The van der Waals surface area contributed by atoms with Gasteiger partial charge in [-0.1, -0.05) is 19.3 Å². The van der Waals surface area contributed by atoms with E-state index in [1.807, 2.05) is 0 Å². The van der Waals surface area contributed by atoms with E-state index >= 15 is 0 Å². The van der Waals surface area contributed by atoms with E-state index in [4.69, 9.17) is 0 Å². The van der Waals surface area contributed by atoms with Gasteiger partial charge in [0.05, 0.1) is 12.0 Å². The van der Waals surface area contributed by atoms with Gasteiger partial charge < -0.3 is 15.7 Å². The first kappa shape index (κ1) is 16.0. The van der Waals surface area contributed by atoms with Crippen molar-refractivity contribution in [1.29, 1.82) is 0 Å². The Labute approximate surface area is 136 Å². The summed E-state index contributed by atoms with van der Waals surface area (Å²) in [4.78, 5) is 23.8. The van der Waals surface area contributed by atoms with Crippen LogP contribution in [0.15, 0.2) is 24.3 Å². The van der Waals surface area contributed by atoms with E-state index in [-0.39, 0.29) is 24.2 Å². The monoisotopic (exact) mass is 316 g/mol. The van der Waals surface area contributed by atoms with Gasteiger partial charge in [0.2, 0.25) is 11.8 Å². The first-order valence-electron chi connectivity index (χ1n) is 8.47. The van der Waals surface area contributed by atoms with Gasteiger partial charge in [-0.05, 0) is 49.9 Å². The molecule has 2 fully saturated rings. The second-order valence-electron chi connectivity index (χ2n) is 6.85. The van der Waals surface area contributed by atoms with Gasteiger partial charge in [-0.3, -0.25) is 9.59 Å². The van der Waals surface area contributed by atoms with Crippen molar-refractivity contribution in [3.8, 4) is 0 Å². The fourth-order valence-electron chi connectivity index (χ4n) is 3.12. The third kappa shape index (κ3) is 4.55. The van der Waals surface area contributed by atoms with Crippen molar-refractivity contribution in [2.24, 2.45) is 5.92 Å². The maximum absolute atomic E-state index is 12.1. The Hall–Kier alpha value is -1.88. The first-order chi connectivity index (χ1) is 11.0. The van der Waals surface area contributed by atoms with Gasteiger partial charge in [0.1, 0.15) is 0 Å². The maximum Gasteiger partial charge on any atom is 0.227 e. The van der Waals surface area contributed by atoms with Gasteiger partial charge >= 0.3 is 0 Å². The Morgan fingerprint density at radius 2 is 1.57 bits per heavy atom. The molecule has 3 N–H and O–H groups in total. The molecule has 0 atom stereocenters. The SMILES string of the molecule is O=C(CC1(O)CCCCC1)Nc1ccc(NC(=O)C2CC2)cc1. The molecule has 2 aliphatic carbocycles. The van der Waals surface area contributed by atoms with Crippen LogP contribution in [-0.2, 0) is 9.59 Å². The molecule has 23 heavy (non-hydrogen) atoms. The highest BCUT2D eigenvalue weighted by Crippen LogP contribution is 2.31. The number of amides is 2. The molecule has 1 aromatic rings. The second kappa shape index (κ2) is 6.71. The summed E-state index contributed by atoms with van der Waals surface area (Å²) in [6.07, 6.45) is 6.61. The average Bonchev–Trinajstić information content (AvgIpc) is 3.34. The molecule has 0 heterocycles. The normalized spacial score (nSPS) is 19.9.